The number of fused-ring (bicyclic) bond motifs is 3. The molecule has 5 aromatic rings. The molecule has 3 aromatic carbocycles. The Morgan fingerprint density at radius 1 is 0.953 bits per heavy atom. The maximum atomic E-state index is 14.3. The SMILES string of the molecule is COc1ccc(C2C3=C(N=c4sc(=Cc5cc(C)n(-c6ccc(F)cc6)c5C)c(=O)n42)c2ccccc2CC3)cc1OC. The first-order chi connectivity index (χ1) is 20.9. The van der Waals surface area contributed by atoms with Gasteiger partial charge in [-0.15, -0.1) is 0 Å². The first-order valence-electron chi connectivity index (χ1n) is 14.2. The number of aryl methyl sites for hydroxylation is 2. The standard InChI is InChI=1S/C35H30FN3O3S/c1-20-17-24(21(2)38(20)26-13-11-25(36)12-14-26)19-31-34(40)39-33(23-10-16-29(41-3)30(18-23)42-4)28-15-9-22-7-5-6-8-27(22)32(28)37-35(39)43-31/h5-8,10-14,16-19,33H,9,15H2,1-4H3. The van der Waals surface area contributed by atoms with E-state index in [1.54, 1.807) is 26.4 Å². The van der Waals surface area contributed by atoms with E-state index in [1.807, 2.05) is 48.8 Å². The fourth-order valence-corrected chi connectivity index (χ4v) is 7.40. The lowest BCUT2D eigenvalue weighted by molar-refractivity contribution is 0.354. The van der Waals surface area contributed by atoms with Gasteiger partial charge in [-0.2, -0.15) is 0 Å². The van der Waals surface area contributed by atoms with E-state index in [0.717, 1.165) is 57.9 Å². The van der Waals surface area contributed by atoms with Gasteiger partial charge in [0.25, 0.3) is 5.56 Å². The molecule has 0 spiro atoms. The number of benzene rings is 3. The van der Waals surface area contributed by atoms with Gasteiger partial charge in [-0.3, -0.25) is 9.36 Å². The zero-order chi connectivity index (χ0) is 29.8. The zero-order valence-electron chi connectivity index (χ0n) is 24.3. The second-order valence-electron chi connectivity index (χ2n) is 10.9. The van der Waals surface area contributed by atoms with Gasteiger partial charge in [0, 0.05) is 22.6 Å². The quantitative estimate of drug-likeness (QED) is 0.257. The molecule has 2 aromatic heterocycles. The molecule has 1 aliphatic carbocycles. The Bertz CT molecular complexity index is 2120. The number of allylic oxidation sites excluding steroid dienone is 1. The summed E-state index contributed by atoms with van der Waals surface area (Å²) >= 11 is 1.40. The molecule has 7 rings (SSSR count). The molecule has 43 heavy (non-hydrogen) atoms. The van der Waals surface area contributed by atoms with Crippen LogP contribution >= 0.6 is 11.3 Å². The van der Waals surface area contributed by atoms with E-state index < -0.39 is 0 Å². The number of hydrogen-bond donors (Lipinski definition) is 0. The molecule has 1 atom stereocenters. The van der Waals surface area contributed by atoms with Crippen LogP contribution in [0.2, 0.25) is 0 Å². The van der Waals surface area contributed by atoms with Crippen LogP contribution in [0.1, 0.15) is 46.1 Å². The Morgan fingerprint density at radius 2 is 1.72 bits per heavy atom. The van der Waals surface area contributed by atoms with Crippen molar-refractivity contribution in [3.05, 3.63) is 138 Å². The van der Waals surface area contributed by atoms with Crippen molar-refractivity contribution in [3.8, 4) is 17.2 Å². The highest BCUT2D eigenvalue weighted by Gasteiger charge is 2.33. The molecule has 0 saturated heterocycles. The Morgan fingerprint density at radius 3 is 2.49 bits per heavy atom. The van der Waals surface area contributed by atoms with E-state index in [1.165, 1.54) is 29.0 Å². The molecule has 8 heteroatoms. The molecule has 216 valence electrons. The van der Waals surface area contributed by atoms with E-state index >= 15 is 0 Å². The lowest BCUT2D eigenvalue weighted by Gasteiger charge is -2.31. The fourth-order valence-electron chi connectivity index (χ4n) is 6.41. The Hall–Kier alpha value is -4.69. The van der Waals surface area contributed by atoms with Gasteiger partial charge < -0.3 is 14.0 Å². The summed E-state index contributed by atoms with van der Waals surface area (Å²) in [4.78, 5) is 20.1. The van der Waals surface area contributed by atoms with Gasteiger partial charge in [-0.1, -0.05) is 41.7 Å². The van der Waals surface area contributed by atoms with Crippen molar-refractivity contribution in [1.82, 2.24) is 9.13 Å². The van der Waals surface area contributed by atoms with E-state index in [2.05, 4.69) is 28.8 Å². The number of halogens is 1. The molecule has 0 N–H and O–H groups in total. The minimum Gasteiger partial charge on any atom is -0.493 e. The average molecular weight is 592 g/mol. The number of methoxy groups -OCH3 is 2. The molecular weight excluding hydrogens is 561 g/mol. The van der Waals surface area contributed by atoms with Gasteiger partial charge in [0.2, 0.25) is 0 Å². The summed E-state index contributed by atoms with van der Waals surface area (Å²) in [6.45, 7) is 4.03. The van der Waals surface area contributed by atoms with Crippen LogP contribution in [-0.2, 0) is 6.42 Å². The van der Waals surface area contributed by atoms with Crippen molar-refractivity contribution in [2.45, 2.75) is 32.7 Å². The van der Waals surface area contributed by atoms with E-state index in [-0.39, 0.29) is 17.4 Å². The van der Waals surface area contributed by atoms with Gasteiger partial charge >= 0.3 is 0 Å². The summed E-state index contributed by atoms with van der Waals surface area (Å²) in [5.41, 5.74) is 9.10. The monoisotopic (exact) mass is 591 g/mol. The van der Waals surface area contributed by atoms with Crippen LogP contribution in [0.15, 0.2) is 88.2 Å². The van der Waals surface area contributed by atoms with Gasteiger partial charge in [0.05, 0.1) is 30.5 Å². The van der Waals surface area contributed by atoms with E-state index in [9.17, 15) is 9.18 Å². The second-order valence-corrected chi connectivity index (χ2v) is 11.9. The summed E-state index contributed by atoms with van der Waals surface area (Å²) in [7, 11) is 3.24. The molecule has 6 nitrogen and oxygen atoms in total. The van der Waals surface area contributed by atoms with Crippen LogP contribution in [0.3, 0.4) is 0 Å². The Labute approximate surface area is 252 Å². The molecule has 1 aliphatic heterocycles. The number of thiazole rings is 1. The fraction of sp³-hybridized carbons (Fsp3) is 0.200. The Balaban J connectivity index is 1.44. The summed E-state index contributed by atoms with van der Waals surface area (Å²) in [6, 6.07) is 22.4. The predicted molar refractivity (Wildman–Crippen MR) is 167 cm³/mol. The lowest BCUT2D eigenvalue weighted by atomic mass is 9.83. The topological polar surface area (TPSA) is 57.8 Å². The van der Waals surface area contributed by atoms with Crippen molar-refractivity contribution >= 4 is 23.1 Å². The molecular formula is C35H30FN3O3S. The number of ether oxygens (including phenoxy) is 2. The zero-order valence-corrected chi connectivity index (χ0v) is 25.2. The van der Waals surface area contributed by atoms with Crippen molar-refractivity contribution < 1.29 is 13.9 Å². The first-order valence-corrected chi connectivity index (χ1v) is 15.0. The van der Waals surface area contributed by atoms with Crippen LogP contribution < -0.4 is 24.4 Å². The third kappa shape index (κ3) is 4.44. The summed E-state index contributed by atoms with van der Waals surface area (Å²) in [6.07, 6.45) is 3.64. The van der Waals surface area contributed by atoms with Crippen molar-refractivity contribution in [3.63, 3.8) is 0 Å². The molecule has 0 bridgehead atoms. The normalized spacial score (nSPS) is 15.9. The summed E-state index contributed by atoms with van der Waals surface area (Å²) in [5, 5.41) is 0. The predicted octanol–water partition coefficient (Wildman–Crippen LogP) is 5.88. The third-order valence-electron chi connectivity index (χ3n) is 8.44. The number of hydrogen-bond acceptors (Lipinski definition) is 5. The van der Waals surface area contributed by atoms with Crippen molar-refractivity contribution in [2.24, 2.45) is 4.99 Å². The lowest BCUT2D eigenvalue weighted by Crippen LogP contribution is -2.38. The third-order valence-corrected chi connectivity index (χ3v) is 9.42. The molecule has 0 amide bonds. The van der Waals surface area contributed by atoms with E-state index in [0.29, 0.717) is 20.8 Å². The highest BCUT2D eigenvalue weighted by atomic mass is 32.1. The maximum Gasteiger partial charge on any atom is 0.271 e. The highest BCUT2D eigenvalue weighted by molar-refractivity contribution is 7.07. The van der Waals surface area contributed by atoms with Crippen LogP contribution in [0.4, 0.5) is 4.39 Å². The van der Waals surface area contributed by atoms with Crippen LogP contribution in [0.5, 0.6) is 11.5 Å². The molecule has 0 fully saturated rings. The van der Waals surface area contributed by atoms with Gasteiger partial charge in [0.15, 0.2) is 16.3 Å². The molecule has 0 radical (unpaired) electrons. The maximum absolute atomic E-state index is 14.3. The van der Waals surface area contributed by atoms with Crippen molar-refractivity contribution in [2.75, 3.05) is 14.2 Å². The number of rotatable bonds is 5. The van der Waals surface area contributed by atoms with Gasteiger partial charge in [0.1, 0.15) is 5.82 Å². The Kier molecular flexibility index (Phi) is 6.66. The van der Waals surface area contributed by atoms with Crippen LogP contribution in [0, 0.1) is 19.7 Å². The summed E-state index contributed by atoms with van der Waals surface area (Å²) in [5.74, 6) is 0.978. The minimum absolute atomic E-state index is 0.0828. The van der Waals surface area contributed by atoms with Gasteiger partial charge in [-0.05, 0) is 97.5 Å². The van der Waals surface area contributed by atoms with Crippen LogP contribution in [-0.4, -0.2) is 23.4 Å². The number of nitrogens with zero attached hydrogens (tertiary/aromatic N) is 3. The molecule has 2 aliphatic rings. The smallest absolute Gasteiger partial charge is 0.271 e. The largest absolute Gasteiger partial charge is 0.493 e. The highest BCUT2D eigenvalue weighted by Crippen LogP contribution is 2.42. The first kappa shape index (κ1) is 27.2. The van der Waals surface area contributed by atoms with E-state index in [4.69, 9.17) is 14.5 Å². The van der Waals surface area contributed by atoms with Crippen LogP contribution in [0.25, 0.3) is 17.5 Å². The van der Waals surface area contributed by atoms with Crippen molar-refractivity contribution in [1.29, 1.82) is 0 Å². The minimum atomic E-state index is -0.326. The molecule has 3 heterocycles. The summed E-state index contributed by atoms with van der Waals surface area (Å²) < 4.78 is 29.3. The van der Waals surface area contributed by atoms with Gasteiger partial charge in [-0.25, -0.2) is 9.38 Å². The average Bonchev–Trinajstić information content (AvgIpc) is 3.49. The molecule has 0 saturated carbocycles. The number of aromatic nitrogens is 2. The second kappa shape index (κ2) is 10.5. The molecule has 1 unspecified atom stereocenters.